The number of benzene rings is 1. The molecule has 0 fully saturated rings. The highest BCUT2D eigenvalue weighted by atomic mass is 16.1. The van der Waals surface area contributed by atoms with Crippen LogP contribution < -0.4 is 5.32 Å². The lowest BCUT2D eigenvalue weighted by molar-refractivity contribution is 0.102. The minimum Gasteiger partial charge on any atom is -0.351 e. The van der Waals surface area contributed by atoms with Crippen LogP contribution in [0.3, 0.4) is 0 Å². The van der Waals surface area contributed by atoms with Crippen molar-refractivity contribution in [3.8, 4) is 0 Å². The third-order valence-corrected chi connectivity index (χ3v) is 3.41. The van der Waals surface area contributed by atoms with E-state index in [2.05, 4.69) is 10.3 Å². The van der Waals surface area contributed by atoms with E-state index in [0.29, 0.717) is 11.4 Å². The molecule has 0 saturated carbocycles. The van der Waals surface area contributed by atoms with Gasteiger partial charge in [-0.3, -0.25) is 4.79 Å². The van der Waals surface area contributed by atoms with Crippen LogP contribution in [0.2, 0.25) is 0 Å². The zero-order chi connectivity index (χ0) is 14.1. The van der Waals surface area contributed by atoms with E-state index in [-0.39, 0.29) is 5.91 Å². The fourth-order valence-electron chi connectivity index (χ4n) is 2.29. The van der Waals surface area contributed by atoms with Gasteiger partial charge in [-0.2, -0.15) is 0 Å². The molecule has 1 amide bonds. The Labute approximate surface area is 117 Å². The van der Waals surface area contributed by atoms with Crippen molar-refractivity contribution in [2.75, 3.05) is 5.32 Å². The van der Waals surface area contributed by atoms with Gasteiger partial charge in [0.15, 0.2) is 0 Å². The second-order valence-electron chi connectivity index (χ2n) is 4.79. The Bertz CT molecular complexity index is 789. The Morgan fingerprint density at radius 3 is 2.85 bits per heavy atom. The van der Waals surface area contributed by atoms with Crippen LogP contribution in [-0.2, 0) is 7.05 Å². The number of aryl methyl sites for hydroxylation is 2. The molecule has 0 unspecified atom stereocenters. The number of hydrogen-bond acceptors (Lipinski definition) is 2. The molecule has 0 aliphatic rings. The van der Waals surface area contributed by atoms with Gasteiger partial charge in [-0.25, -0.2) is 4.98 Å². The first-order valence-electron chi connectivity index (χ1n) is 6.44. The number of anilines is 1. The van der Waals surface area contributed by atoms with Gasteiger partial charge < -0.3 is 9.88 Å². The Balaban J connectivity index is 1.99. The van der Waals surface area contributed by atoms with Crippen molar-refractivity contribution in [2.24, 2.45) is 7.05 Å². The Morgan fingerprint density at radius 2 is 2.05 bits per heavy atom. The molecule has 1 N–H and O–H groups in total. The van der Waals surface area contributed by atoms with Crippen molar-refractivity contribution in [3.63, 3.8) is 0 Å². The highest BCUT2D eigenvalue weighted by Crippen LogP contribution is 2.21. The number of fused-ring (bicyclic) bond motifs is 1. The lowest BCUT2D eigenvalue weighted by atomic mass is 10.1. The number of pyridine rings is 1. The van der Waals surface area contributed by atoms with E-state index in [9.17, 15) is 4.79 Å². The summed E-state index contributed by atoms with van der Waals surface area (Å²) in [6, 6.07) is 11.4. The van der Waals surface area contributed by atoms with Gasteiger partial charge in [0, 0.05) is 35.9 Å². The minimum absolute atomic E-state index is 0.136. The van der Waals surface area contributed by atoms with Crippen LogP contribution in [0.15, 0.2) is 48.8 Å². The molecular formula is C16H15N3O. The zero-order valence-corrected chi connectivity index (χ0v) is 11.4. The molecule has 4 nitrogen and oxygen atoms in total. The van der Waals surface area contributed by atoms with Gasteiger partial charge >= 0.3 is 0 Å². The van der Waals surface area contributed by atoms with Gasteiger partial charge in [-0.1, -0.05) is 12.1 Å². The van der Waals surface area contributed by atoms with Crippen LogP contribution in [0.1, 0.15) is 15.9 Å². The molecule has 2 aromatic heterocycles. The predicted molar refractivity (Wildman–Crippen MR) is 79.8 cm³/mol. The smallest absolute Gasteiger partial charge is 0.257 e. The van der Waals surface area contributed by atoms with Crippen LogP contribution in [0.4, 0.5) is 5.82 Å². The number of amides is 1. The largest absolute Gasteiger partial charge is 0.351 e. The Hall–Kier alpha value is -2.62. The molecule has 3 rings (SSSR count). The van der Waals surface area contributed by atoms with Crippen molar-refractivity contribution in [3.05, 3.63) is 59.9 Å². The lowest BCUT2D eigenvalue weighted by Crippen LogP contribution is -2.14. The van der Waals surface area contributed by atoms with Gasteiger partial charge in [0.2, 0.25) is 0 Å². The van der Waals surface area contributed by atoms with E-state index in [4.69, 9.17) is 0 Å². The van der Waals surface area contributed by atoms with E-state index in [0.717, 1.165) is 16.5 Å². The number of carbonyl (C=O) groups is 1. The summed E-state index contributed by atoms with van der Waals surface area (Å²) in [6.45, 7) is 1.92. The average Bonchev–Trinajstić information content (AvgIpc) is 2.83. The van der Waals surface area contributed by atoms with Crippen LogP contribution in [0.5, 0.6) is 0 Å². The van der Waals surface area contributed by atoms with E-state index in [1.165, 1.54) is 0 Å². The number of hydrogen-bond donors (Lipinski definition) is 1. The summed E-state index contributed by atoms with van der Waals surface area (Å²) in [5.41, 5.74) is 2.64. The molecule has 0 bridgehead atoms. The summed E-state index contributed by atoms with van der Waals surface area (Å²) in [6.07, 6.45) is 3.62. The maximum Gasteiger partial charge on any atom is 0.257 e. The molecule has 0 saturated heterocycles. The Morgan fingerprint density at radius 1 is 1.20 bits per heavy atom. The van der Waals surface area contributed by atoms with Crippen LogP contribution in [0, 0.1) is 6.92 Å². The number of aromatic nitrogens is 2. The average molecular weight is 265 g/mol. The molecule has 0 atom stereocenters. The number of rotatable bonds is 2. The summed E-state index contributed by atoms with van der Waals surface area (Å²) in [5.74, 6) is 0.467. The molecule has 0 aliphatic carbocycles. The van der Waals surface area contributed by atoms with E-state index < -0.39 is 0 Å². The molecular weight excluding hydrogens is 250 g/mol. The standard InChI is InChI=1S/C16H15N3O/c1-11-5-4-9-17-15(11)18-16(20)13-6-3-7-14-12(13)8-10-19(14)2/h3-10H,1-2H3,(H,17,18,20). The molecule has 0 radical (unpaired) electrons. The fraction of sp³-hybridized carbons (Fsp3) is 0.125. The fourth-order valence-corrected chi connectivity index (χ4v) is 2.29. The normalized spacial score (nSPS) is 10.7. The van der Waals surface area contributed by atoms with Crippen molar-refractivity contribution < 1.29 is 4.79 Å². The van der Waals surface area contributed by atoms with Gasteiger partial charge in [0.25, 0.3) is 5.91 Å². The monoisotopic (exact) mass is 265 g/mol. The summed E-state index contributed by atoms with van der Waals surface area (Å²) in [4.78, 5) is 16.6. The lowest BCUT2D eigenvalue weighted by Gasteiger charge is -2.08. The SMILES string of the molecule is Cc1cccnc1NC(=O)c1cccc2c1ccn2C. The summed E-state index contributed by atoms with van der Waals surface area (Å²) < 4.78 is 2.00. The van der Waals surface area contributed by atoms with Crippen LogP contribution >= 0.6 is 0 Å². The molecule has 1 aromatic carbocycles. The van der Waals surface area contributed by atoms with E-state index >= 15 is 0 Å². The molecule has 2 heterocycles. The molecule has 0 aliphatic heterocycles. The van der Waals surface area contributed by atoms with Gasteiger partial charge in [-0.15, -0.1) is 0 Å². The maximum absolute atomic E-state index is 12.4. The highest BCUT2D eigenvalue weighted by molar-refractivity contribution is 6.12. The third-order valence-electron chi connectivity index (χ3n) is 3.41. The van der Waals surface area contributed by atoms with E-state index in [1.807, 2.05) is 61.1 Å². The maximum atomic E-state index is 12.4. The summed E-state index contributed by atoms with van der Waals surface area (Å²) >= 11 is 0. The first-order valence-corrected chi connectivity index (χ1v) is 6.44. The summed E-state index contributed by atoms with van der Waals surface area (Å²) in [7, 11) is 1.97. The minimum atomic E-state index is -0.136. The Kier molecular flexibility index (Phi) is 2.99. The quantitative estimate of drug-likeness (QED) is 0.773. The number of nitrogens with one attached hydrogen (secondary N) is 1. The first-order chi connectivity index (χ1) is 9.66. The van der Waals surface area contributed by atoms with E-state index in [1.54, 1.807) is 6.20 Å². The highest BCUT2D eigenvalue weighted by Gasteiger charge is 2.12. The first kappa shape index (κ1) is 12.4. The second kappa shape index (κ2) is 4.81. The van der Waals surface area contributed by atoms with Gasteiger partial charge in [-0.05, 0) is 36.8 Å². The topological polar surface area (TPSA) is 46.9 Å². The van der Waals surface area contributed by atoms with Crippen LogP contribution in [0.25, 0.3) is 10.9 Å². The van der Waals surface area contributed by atoms with Gasteiger partial charge in [0.05, 0.1) is 0 Å². The molecule has 0 spiro atoms. The van der Waals surface area contributed by atoms with Crippen molar-refractivity contribution >= 4 is 22.6 Å². The van der Waals surface area contributed by atoms with Crippen molar-refractivity contribution in [2.45, 2.75) is 6.92 Å². The second-order valence-corrected chi connectivity index (χ2v) is 4.79. The predicted octanol–water partition coefficient (Wildman–Crippen LogP) is 3.13. The van der Waals surface area contributed by atoms with Gasteiger partial charge in [0.1, 0.15) is 5.82 Å². The number of carbonyl (C=O) groups excluding carboxylic acids is 1. The molecule has 20 heavy (non-hydrogen) atoms. The van der Waals surface area contributed by atoms with Crippen LogP contribution in [-0.4, -0.2) is 15.5 Å². The van der Waals surface area contributed by atoms with Crippen molar-refractivity contribution in [1.29, 1.82) is 0 Å². The molecule has 3 aromatic rings. The molecule has 100 valence electrons. The third kappa shape index (κ3) is 2.05. The number of nitrogens with zero attached hydrogens (tertiary/aromatic N) is 2. The molecule has 4 heteroatoms. The zero-order valence-electron chi connectivity index (χ0n) is 11.4. The summed E-state index contributed by atoms with van der Waals surface area (Å²) in [5, 5.41) is 3.81. The van der Waals surface area contributed by atoms with Crippen molar-refractivity contribution in [1.82, 2.24) is 9.55 Å².